The molecule has 0 spiro atoms. The first kappa shape index (κ1) is 31.8. The lowest BCUT2D eigenvalue weighted by Gasteiger charge is -2.05. The van der Waals surface area contributed by atoms with Crippen molar-refractivity contribution in [3.8, 4) is 0 Å². The van der Waals surface area contributed by atoms with Gasteiger partial charge in [-0.25, -0.2) is 9.97 Å². The Labute approximate surface area is 264 Å². The Balaban J connectivity index is 1.82. The molecular formula is C40H52N4. The Morgan fingerprint density at radius 3 is 1.70 bits per heavy atom. The van der Waals surface area contributed by atoms with Crippen LogP contribution in [-0.4, -0.2) is 19.9 Å². The number of aromatic nitrogens is 4. The van der Waals surface area contributed by atoms with Gasteiger partial charge in [0.2, 0.25) is 0 Å². The lowest BCUT2D eigenvalue weighted by atomic mass is 9.98. The number of nitrogens with one attached hydrogen (secondary N) is 2. The topological polar surface area (TPSA) is 57.4 Å². The fourth-order valence-corrected chi connectivity index (χ4v) is 6.96. The standard InChI is InChI=1S/C40H52N4/c1-9-13-15-17-19-31-27(7)35-23-37-29(11-3)30(12-4)38(44-37)24-36-28(8)32(20-18-16-14-10-2)40(43-36)22-34-26(6)25(5)33(41-34)21-39(31)42-35/h21-24,42,44H,5-6,9-20H2,1-4,7-8H3. The fourth-order valence-electron chi connectivity index (χ4n) is 6.96. The third-order valence-electron chi connectivity index (χ3n) is 9.74. The van der Waals surface area contributed by atoms with Gasteiger partial charge in [-0.1, -0.05) is 79.4 Å². The average molecular weight is 589 g/mol. The molecule has 0 atom stereocenters. The van der Waals surface area contributed by atoms with Crippen LogP contribution in [0, 0.1) is 6.92 Å². The quantitative estimate of drug-likeness (QED) is 0.207. The first-order valence-electron chi connectivity index (χ1n) is 17.2. The van der Waals surface area contributed by atoms with Crippen LogP contribution < -0.4 is 0 Å². The number of nitrogens with zero attached hydrogens (tertiary/aromatic N) is 2. The summed E-state index contributed by atoms with van der Waals surface area (Å²) < 4.78 is 0. The summed E-state index contributed by atoms with van der Waals surface area (Å²) in [6, 6.07) is 8.97. The van der Waals surface area contributed by atoms with Crippen LogP contribution in [0.1, 0.15) is 137 Å². The summed E-state index contributed by atoms with van der Waals surface area (Å²) >= 11 is 0. The van der Waals surface area contributed by atoms with E-state index < -0.39 is 0 Å². The van der Waals surface area contributed by atoms with Gasteiger partial charge in [-0.3, -0.25) is 0 Å². The van der Waals surface area contributed by atoms with Crippen LogP contribution in [0.4, 0.5) is 0 Å². The van der Waals surface area contributed by atoms with Gasteiger partial charge in [0.25, 0.3) is 0 Å². The summed E-state index contributed by atoms with van der Waals surface area (Å²) in [4.78, 5) is 18.0. The van der Waals surface area contributed by atoms with Crippen LogP contribution in [0.25, 0.3) is 44.4 Å². The highest BCUT2D eigenvalue weighted by atomic mass is 14.8. The van der Waals surface area contributed by atoms with Gasteiger partial charge in [-0.15, -0.1) is 0 Å². The highest BCUT2D eigenvalue weighted by molar-refractivity contribution is 6.05. The second-order valence-electron chi connectivity index (χ2n) is 12.7. The average Bonchev–Trinajstić information content (AvgIpc) is 3.68. The molecule has 5 rings (SSSR count). The predicted molar refractivity (Wildman–Crippen MR) is 192 cm³/mol. The highest BCUT2D eigenvalue weighted by Gasteiger charge is 2.21. The zero-order valence-electron chi connectivity index (χ0n) is 28.1. The monoisotopic (exact) mass is 588 g/mol. The highest BCUT2D eigenvalue weighted by Crippen LogP contribution is 2.38. The van der Waals surface area contributed by atoms with Crippen molar-refractivity contribution in [3.63, 3.8) is 0 Å². The third kappa shape index (κ3) is 6.27. The van der Waals surface area contributed by atoms with E-state index in [1.807, 2.05) is 0 Å². The maximum Gasteiger partial charge on any atom is 0.0731 e. The Morgan fingerprint density at radius 1 is 0.545 bits per heavy atom. The zero-order chi connectivity index (χ0) is 31.4. The molecule has 4 nitrogen and oxygen atoms in total. The van der Waals surface area contributed by atoms with Crippen LogP contribution in [0.5, 0.6) is 0 Å². The largest absolute Gasteiger partial charge is 0.355 e. The van der Waals surface area contributed by atoms with Crippen molar-refractivity contribution in [2.24, 2.45) is 0 Å². The Hall–Kier alpha value is -3.66. The van der Waals surface area contributed by atoms with Crippen molar-refractivity contribution in [3.05, 3.63) is 82.5 Å². The van der Waals surface area contributed by atoms with E-state index in [2.05, 4.69) is 88.9 Å². The molecule has 3 aromatic rings. The first-order valence-corrected chi connectivity index (χ1v) is 17.2. The van der Waals surface area contributed by atoms with E-state index in [1.165, 1.54) is 95.8 Å². The molecule has 3 aromatic heterocycles. The molecule has 2 aliphatic heterocycles. The van der Waals surface area contributed by atoms with Crippen LogP contribution >= 0.6 is 0 Å². The van der Waals surface area contributed by atoms with Crippen molar-refractivity contribution in [2.45, 2.75) is 119 Å². The summed E-state index contributed by atoms with van der Waals surface area (Å²) in [6.07, 6.45) is 13.9. The van der Waals surface area contributed by atoms with Crippen molar-refractivity contribution < 1.29 is 0 Å². The third-order valence-corrected chi connectivity index (χ3v) is 9.74. The molecule has 44 heavy (non-hydrogen) atoms. The molecular weight excluding hydrogens is 536 g/mol. The van der Waals surface area contributed by atoms with Crippen LogP contribution in [-0.2, 0) is 19.3 Å². The van der Waals surface area contributed by atoms with Crippen molar-refractivity contribution in [1.29, 1.82) is 0 Å². The minimum Gasteiger partial charge on any atom is -0.355 e. The molecule has 0 aliphatic carbocycles. The molecule has 2 aliphatic rings. The Kier molecular flexibility index (Phi) is 10.1. The van der Waals surface area contributed by atoms with Gasteiger partial charge in [0.15, 0.2) is 0 Å². The summed E-state index contributed by atoms with van der Waals surface area (Å²) in [5.74, 6) is 0. The van der Waals surface area contributed by atoms with Crippen molar-refractivity contribution >= 4 is 44.4 Å². The molecule has 5 heterocycles. The van der Waals surface area contributed by atoms with E-state index in [4.69, 9.17) is 9.97 Å². The molecule has 2 N–H and O–H groups in total. The number of unbranched alkanes of at least 4 members (excludes halogenated alkanes) is 6. The van der Waals surface area contributed by atoms with Crippen LogP contribution in [0.3, 0.4) is 0 Å². The van der Waals surface area contributed by atoms with Gasteiger partial charge >= 0.3 is 0 Å². The van der Waals surface area contributed by atoms with Gasteiger partial charge in [0, 0.05) is 33.2 Å². The van der Waals surface area contributed by atoms with E-state index in [-0.39, 0.29) is 0 Å². The maximum atomic E-state index is 5.25. The molecule has 0 aromatic carbocycles. The van der Waals surface area contributed by atoms with Gasteiger partial charge in [0.1, 0.15) is 0 Å². The minimum atomic E-state index is 0.872. The van der Waals surface area contributed by atoms with Crippen molar-refractivity contribution in [2.75, 3.05) is 0 Å². The predicted octanol–water partition coefficient (Wildman–Crippen LogP) is 11.5. The van der Waals surface area contributed by atoms with E-state index in [0.717, 1.165) is 70.6 Å². The smallest absolute Gasteiger partial charge is 0.0731 e. The number of allylic oxidation sites excluding steroid dienone is 4. The Morgan fingerprint density at radius 2 is 1.07 bits per heavy atom. The molecule has 0 amide bonds. The zero-order valence-corrected chi connectivity index (χ0v) is 28.1. The maximum absolute atomic E-state index is 5.25. The normalized spacial score (nSPS) is 13.4. The second-order valence-corrected chi connectivity index (χ2v) is 12.7. The summed E-state index contributed by atoms with van der Waals surface area (Å²) in [5, 5.41) is 0. The van der Waals surface area contributed by atoms with E-state index in [1.54, 1.807) is 0 Å². The van der Waals surface area contributed by atoms with Gasteiger partial charge in [0.05, 0.1) is 22.8 Å². The SMILES string of the molecule is C=C1C(=C)c2cc3[nH]c(cc4[nH]c(cc5nc(cc1n2)C(CCCCCC)=C5C)c(CC)c4CC)c(C)c3CCCCCC. The number of fused-ring (bicyclic) bond motifs is 8. The molecule has 0 radical (unpaired) electrons. The van der Waals surface area contributed by atoms with Gasteiger partial charge < -0.3 is 9.97 Å². The molecule has 0 saturated carbocycles. The number of aromatic amines is 2. The number of rotatable bonds is 12. The second kappa shape index (κ2) is 14.0. The molecule has 0 unspecified atom stereocenters. The van der Waals surface area contributed by atoms with Gasteiger partial charge in [-0.2, -0.15) is 0 Å². The summed E-state index contributed by atoms with van der Waals surface area (Å²) in [6.45, 7) is 22.4. The molecule has 0 fully saturated rings. The number of hydrogen-bond acceptors (Lipinski definition) is 2. The van der Waals surface area contributed by atoms with E-state index in [0.29, 0.717) is 0 Å². The summed E-state index contributed by atoms with van der Waals surface area (Å²) in [5.41, 5.74) is 18.4. The Bertz CT molecular complexity index is 1760. The molecule has 232 valence electrons. The summed E-state index contributed by atoms with van der Waals surface area (Å²) in [7, 11) is 0. The molecule has 0 saturated heterocycles. The molecule has 8 bridgehead atoms. The minimum absolute atomic E-state index is 0.872. The fraction of sp³-hybridized carbons (Fsp3) is 0.450. The van der Waals surface area contributed by atoms with E-state index in [9.17, 15) is 0 Å². The molecule has 4 heteroatoms. The number of hydrogen-bond donors (Lipinski definition) is 2. The number of H-pyrrole nitrogens is 2. The van der Waals surface area contributed by atoms with Crippen LogP contribution in [0.15, 0.2) is 37.4 Å². The lowest BCUT2D eigenvalue weighted by molar-refractivity contribution is 0.667. The van der Waals surface area contributed by atoms with Gasteiger partial charge in [-0.05, 0) is 110 Å². The first-order chi connectivity index (χ1) is 21.3. The number of aryl methyl sites for hydroxylation is 4. The van der Waals surface area contributed by atoms with Crippen LogP contribution in [0.2, 0.25) is 0 Å². The lowest BCUT2D eigenvalue weighted by Crippen LogP contribution is -1.88. The van der Waals surface area contributed by atoms with Crippen molar-refractivity contribution in [1.82, 2.24) is 19.9 Å². The van der Waals surface area contributed by atoms with E-state index >= 15 is 0 Å².